The maximum Gasteiger partial charge on any atom is 0.0705 e. The number of ether oxygens (including phenoxy) is 1. The number of nitrogens with zero attached hydrogens (tertiary/aromatic N) is 1. The van der Waals surface area contributed by atoms with Crippen LogP contribution in [0.15, 0.2) is 36.4 Å². The Morgan fingerprint density at radius 3 is 3.00 bits per heavy atom. The number of aliphatic hydroxyl groups is 1. The zero-order valence-corrected chi connectivity index (χ0v) is 11.0. The third-order valence-corrected chi connectivity index (χ3v) is 3.73. The maximum atomic E-state index is 10.1. The Morgan fingerprint density at radius 1 is 1.26 bits per heavy atom. The van der Waals surface area contributed by atoms with E-state index < -0.39 is 0 Å². The monoisotopic (exact) mass is 257 g/mol. The van der Waals surface area contributed by atoms with Crippen LogP contribution >= 0.6 is 0 Å². The largest absolute Gasteiger partial charge is 0.393 e. The molecule has 1 fully saturated rings. The lowest BCUT2D eigenvalue weighted by molar-refractivity contribution is 0.128. The second kappa shape index (κ2) is 5.68. The highest BCUT2D eigenvalue weighted by atomic mass is 16.5. The first-order valence-electron chi connectivity index (χ1n) is 6.92. The van der Waals surface area contributed by atoms with Crippen molar-refractivity contribution in [3.05, 3.63) is 42.1 Å². The molecule has 3 nitrogen and oxygen atoms in total. The Balaban J connectivity index is 1.66. The van der Waals surface area contributed by atoms with Gasteiger partial charge in [0, 0.05) is 30.7 Å². The third kappa shape index (κ3) is 3.11. The molecule has 1 aromatic carbocycles. The molecular weight excluding hydrogens is 238 g/mol. The lowest BCUT2D eigenvalue weighted by atomic mass is 9.98. The topological polar surface area (TPSA) is 42.4 Å². The van der Waals surface area contributed by atoms with Gasteiger partial charge in [0.25, 0.3) is 0 Å². The van der Waals surface area contributed by atoms with Crippen LogP contribution in [0.5, 0.6) is 0 Å². The minimum Gasteiger partial charge on any atom is -0.393 e. The molecule has 2 heterocycles. The zero-order chi connectivity index (χ0) is 13.1. The van der Waals surface area contributed by atoms with Gasteiger partial charge in [-0.3, -0.25) is 4.98 Å². The summed E-state index contributed by atoms with van der Waals surface area (Å²) in [7, 11) is 0. The fourth-order valence-electron chi connectivity index (χ4n) is 2.70. The Labute approximate surface area is 113 Å². The number of para-hydroxylation sites is 1. The van der Waals surface area contributed by atoms with Gasteiger partial charge in [-0.25, -0.2) is 0 Å². The Bertz CT molecular complexity index is 549. The second-order valence-electron chi connectivity index (χ2n) is 5.32. The van der Waals surface area contributed by atoms with Gasteiger partial charge in [0.15, 0.2) is 0 Å². The van der Waals surface area contributed by atoms with Crippen LogP contribution < -0.4 is 0 Å². The summed E-state index contributed by atoms with van der Waals surface area (Å²) in [5, 5.41) is 11.3. The van der Waals surface area contributed by atoms with Gasteiger partial charge in [0.1, 0.15) is 0 Å². The first-order chi connectivity index (χ1) is 9.31. The van der Waals surface area contributed by atoms with Gasteiger partial charge in [-0.2, -0.15) is 0 Å². The van der Waals surface area contributed by atoms with Crippen LogP contribution in [0.2, 0.25) is 0 Å². The molecule has 2 aromatic rings. The fraction of sp³-hybridized carbons (Fsp3) is 0.438. The number of aromatic nitrogens is 1. The first kappa shape index (κ1) is 12.6. The van der Waals surface area contributed by atoms with Gasteiger partial charge in [-0.05, 0) is 30.9 Å². The van der Waals surface area contributed by atoms with E-state index in [1.54, 1.807) is 0 Å². The van der Waals surface area contributed by atoms with Gasteiger partial charge in [-0.15, -0.1) is 0 Å². The van der Waals surface area contributed by atoms with Gasteiger partial charge >= 0.3 is 0 Å². The molecule has 0 amide bonds. The molecule has 1 aromatic heterocycles. The summed E-state index contributed by atoms with van der Waals surface area (Å²) in [6.07, 6.45) is 2.19. The number of hydrogen-bond acceptors (Lipinski definition) is 3. The number of fused-ring (bicyclic) bond motifs is 1. The Kier molecular flexibility index (Phi) is 3.76. The van der Waals surface area contributed by atoms with E-state index in [2.05, 4.69) is 17.1 Å². The number of rotatable bonds is 4. The van der Waals surface area contributed by atoms with Crippen molar-refractivity contribution in [2.75, 3.05) is 13.2 Å². The van der Waals surface area contributed by atoms with Crippen molar-refractivity contribution in [1.29, 1.82) is 0 Å². The van der Waals surface area contributed by atoms with Crippen LogP contribution in [0.4, 0.5) is 0 Å². The first-order valence-corrected chi connectivity index (χ1v) is 6.92. The molecule has 0 bridgehead atoms. The molecule has 100 valence electrons. The molecule has 1 N–H and O–H groups in total. The van der Waals surface area contributed by atoms with E-state index in [0.29, 0.717) is 12.3 Å². The number of benzene rings is 1. The van der Waals surface area contributed by atoms with E-state index in [1.165, 1.54) is 0 Å². The molecule has 2 unspecified atom stereocenters. The van der Waals surface area contributed by atoms with E-state index in [4.69, 9.17) is 4.74 Å². The Morgan fingerprint density at radius 2 is 2.16 bits per heavy atom. The molecule has 1 aliphatic rings. The normalized spacial score (nSPS) is 20.8. The molecule has 2 atom stereocenters. The van der Waals surface area contributed by atoms with Crippen molar-refractivity contribution < 1.29 is 9.84 Å². The number of aliphatic hydroxyl groups excluding tert-OH is 1. The highest BCUT2D eigenvalue weighted by Crippen LogP contribution is 2.20. The van der Waals surface area contributed by atoms with Crippen molar-refractivity contribution in [3.8, 4) is 0 Å². The molecule has 0 aliphatic carbocycles. The summed E-state index contributed by atoms with van der Waals surface area (Å²) in [5.41, 5.74) is 1.96. The zero-order valence-electron chi connectivity index (χ0n) is 11.0. The van der Waals surface area contributed by atoms with Crippen molar-refractivity contribution >= 4 is 10.9 Å². The molecule has 3 heteroatoms. The smallest absolute Gasteiger partial charge is 0.0705 e. The van der Waals surface area contributed by atoms with Gasteiger partial charge in [0.05, 0.1) is 11.6 Å². The Hall–Kier alpha value is -1.45. The fourth-order valence-corrected chi connectivity index (χ4v) is 2.70. The lowest BCUT2D eigenvalue weighted by Crippen LogP contribution is -2.17. The summed E-state index contributed by atoms with van der Waals surface area (Å²) in [5.74, 6) is 0.510. The van der Waals surface area contributed by atoms with E-state index in [1.807, 2.05) is 24.3 Å². The highest BCUT2D eigenvalue weighted by Gasteiger charge is 2.19. The van der Waals surface area contributed by atoms with Crippen LogP contribution in [-0.2, 0) is 11.2 Å². The lowest BCUT2D eigenvalue weighted by Gasteiger charge is -2.14. The third-order valence-electron chi connectivity index (χ3n) is 3.73. The van der Waals surface area contributed by atoms with Gasteiger partial charge < -0.3 is 9.84 Å². The molecule has 0 saturated carbocycles. The molecule has 19 heavy (non-hydrogen) atoms. The summed E-state index contributed by atoms with van der Waals surface area (Å²) >= 11 is 0. The predicted octanol–water partition coefficient (Wildman–Crippen LogP) is 2.56. The van der Waals surface area contributed by atoms with Gasteiger partial charge in [-0.1, -0.05) is 24.3 Å². The second-order valence-corrected chi connectivity index (χ2v) is 5.32. The molecule has 1 saturated heterocycles. The summed E-state index contributed by atoms with van der Waals surface area (Å²) in [6, 6.07) is 12.2. The minimum absolute atomic E-state index is 0.319. The van der Waals surface area contributed by atoms with E-state index in [-0.39, 0.29) is 6.10 Å². The van der Waals surface area contributed by atoms with Crippen molar-refractivity contribution in [2.45, 2.75) is 25.4 Å². The van der Waals surface area contributed by atoms with Crippen LogP contribution in [0.25, 0.3) is 10.9 Å². The van der Waals surface area contributed by atoms with Crippen molar-refractivity contribution in [3.63, 3.8) is 0 Å². The number of pyridine rings is 1. The van der Waals surface area contributed by atoms with E-state index in [9.17, 15) is 5.11 Å². The average molecular weight is 257 g/mol. The van der Waals surface area contributed by atoms with E-state index in [0.717, 1.165) is 42.7 Å². The van der Waals surface area contributed by atoms with Crippen LogP contribution in [0, 0.1) is 5.92 Å². The van der Waals surface area contributed by atoms with Crippen molar-refractivity contribution in [2.24, 2.45) is 5.92 Å². The average Bonchev–Trinajstić information content (AvgIpc) is 2.91. The van der Waals surface area contributed by atoms with Crippen molar-refractivity contribution in [1.82, 2.24) is 4.98 Å². The number of hydrogen-bond donors (Lipinski definition) is 1. The van der Waals surface area contributed by atoms with Crippen LogP contribution in [0.3, 0.4) is 0 Å². The van der Waals surface area contributed by atoms with Gasteiger partial charge in [0.2, 0.25) is 0 Å². The summed E-state index contributed by atoms with van der Waals surface area (Å²) < 4.78 is 5.34. The van der Waals surface area contributed by atoms with Crippen LogP contribution in [-0.4, -0.2) is 29.4 Å². The summed E-state index contributed by atoms with van der Waals surface area (Å²) in [6.45, 7) is 1.63. The predicted molar refractivity (Wildman–Crippen MR) is 75.0 cm³/mol. The molecule has 1 aliphatic heterocycles. The maximum absolute atomic E-state index is 10.1. The quantitative estimate of drug-likeness (QED) is 0.915. The molecule has 3 rings (SSSR count). The standard InChI is InChI=1S/C16H19NO2/c18-15(9-12-7-8-19-11-12)10-14-6-5-13-3-1-2-4-16(13)17-14/h1-6,12,15,18H,7-11H2. The SMILES string of the molecule is OC(Cc1ccc2ccccc2n1)CC1CCOC1. The molecular formula is C16H19NO2. The molecule has 0 radical (unpaired) electrons. The highest BCUT2D eigenvalue weighted by molar-refractivity contribution is 5.78. The van der Waals surface area contributed by atoms with E-state index >= 15 is 0 Å². The minimum atomic E-state index is -0.319. The van der Waals surface area contributed by atoms with Crippen LogP contribution in [0.1, 0.15) is 18.5 Å². The summed E-state index contributed by atoms with van der Waals surface area (Å²) in [4.78, 5) is 4.60. The molecule has 0 spiro atoms.